The molecule has 1 unspecified atom stereocenters. The summed E-state index contributed by atoms with van der Waals surface area (Å²) in [6.07, 6.45) is -0.470. The topological polar surface area (TPSA) is 97.3 Å². The normalized spacial score (nSPS) is 14.1. The molecule has 0 heterocycles. The lowest BCUT2D eigenvalue weighted by Crippen LogP contribution is -2.46. The summed E-state index contributed by atoms with van der Waals surface area (Å²) in [6, 6.07) is 0. The van der Waals surface area contributed by atoms with Crippen molar-refractivity contribution in [3.05, 3.63) is 12.2 Å². The number of aliphatic carboxylic acids is 2. The van der Waals surface area contributed by atoms with Crippen LogP contribution in [0, 0.1) is 5.41 Å². The molecule has 0 aromatic carbocycles. The molecular weight excluding hydrogens is 188 g/mol. The third-order valence-electron chi connectivity index (χ3n) is 1.97. The minimum atomic E-state index is -1.90. The van der Waals surface area contributed by atoms with Crippen LogP contribution in [-0.4, -0.2) is 17.7 Å². The van der Waals surface area contributed by atoms with E-state index < -0.39 is 35.1 Å². The highest BCUT2D eigenvalue weighted by atomic mass is 16.4. The zero-order valence-corrected chi connectivity index (χ0v) is 7.96. The van der Waals surface area contributed by atoms with Crippen LogP contribution in [0.5, 0.6) is 0 Å². The molecule has 0 saturated heterocycles. The molecule has 0 rings (SSSR count). The van der Waals surface area contributed by atoms with Crippen molar-refractivity contribution in [3.8, 4) is 0 Å². The third-order valence-corrected chi connectivity index (χ3v) is 1.97. The fourth-order valence-corrected chi connectivity index (χ4v) is 1.03. The number of carbonyl (C=O) groups excluding carboxylic acids is 3. The third kappa shape index (κ3) is 2.42. The highest BCUT2D eigenvalue weighted by molar-refractivity contribution is 5.96. The van der Waals surface area contributed by atoms with E-state index in [9.17, 15) is 24.6 Å². The molecule has 0 radical (unpaired) electrons. The second-order valence-electron chi connectivity index (χ2n) is 3.26. The van der Waals surface area contributed by atoms with Crippen LogP contribution in [-0.2, 0) is 14.4 Å². The second-order valence-corrected chi connectivity index (χ2v) is 3.26. The summed E-state index contributed by atoms with van der Waals surface area (Å²) >= 11 is 0. The maximum absolute atomic E-state index is 10.7. The van der Waals surface area contributed by atoms with Gasteiger partial charge in [-0.2, -0.15) is 0 Å². The van der Waals surface area contributed by atoms with Gasteiger partial charge in [-0.05, 0) is 19.4 Å². The molecule has 1 atom stereocenters. The quantitative estimate of drug-likeness (QED) is 0.477. The smallest absolute Gasteiger partial charge is 0.131 e. The first-order chi connectivity index (χ1) is 6.21. The number of Topliss-reactive ketones (excluding diaryl/α,β-unsaturated/α-hetero) is 1. The Kier molecular flexibility index (Phi) is 3.56. The minimum absolute atomic E-state index is 0.459. The Hall–Kier alpha value is -1.65. The van der Waals surface area contributed by atoms with Crippen LogP contribution >= 0.6 is 0 Å². The summed E-state index contributed by atoms with van der Waals surface area (Å²) in [5.74, 6) is -3.81. The molecule has 0 bridgehead atoms. The molecule has 0 aromatic rings. The van der Waals surface area contributed by atoms with Crippen molar-refractivity contribution in [1.82, 2.24) is 0 Å². The van der Waals surface area contributed by atoms with Crippen LogP contribution < -0.4 is 10.2 Å². The van der Waals surface area contributed by atoms with E-state index in [2.05, 4.69) is 6.58 Å². The standard InChI is InChI=1S/C9H12O5/c1-5(10)4-9(3,8(13)14)6(2)7(11)12/h2,4H2,1,3H3,(H,11,12)(H,13,14)/p-2. The minimum Gasteiger partial charge on any atom is -0.549 e. The second kappa shape index (κ2) is 4.04. The van der Waals surface area contributed by atoms with Gasteiger partial charge < -0.3 is 19.8 Å². The molecule has 0 aromatic heterocycles. The number of hydrogen-bond donors (Lipinski definition) is 0. The average Bonchev–Trinajstić information content (AvgIpc) is 2.00. The van der Waals surface area contributed by atoms with Crippen molar-refractivity contribution in [2.75, 3.05) is 0 Å². The lowest BCUT2D eigenvalue weighted by Gasteiger charge is -2.32. The van der Waals surface area contributed by atoms with E-state index in [0.29, 0.717) is 0 Å². The summed E-state index contributed by atoms with van der Waals surface area (Å²) in [4.78, 5) is 31.9. The maximum atomic E-state index is 10.7. The molecule has 0 fully saturated rings. The molecule has 5 heteroatoms. The van der Waals surface area contributed by atoms with E-state index in [1.54, 1.807) is 0 Å². The SMILES string of the molecule is C=C(C(=O)[O-])C(C)(CC(C)=O)C(=O)[O-]. The van der Waals surface area contributed by atoms with Gasteiger partial charge in [0.25, 0.3) is 0 Å². The zero-order chi connectivity index (χ0) is 11.5. The van der Waals surface area contributed by atoms with Crippen molar-refractivity contribution < 1.29 is 24.6 Å². The number of hydrogen-bond acceptors (Lipinski definition) is 5. The fraction of sp³-hybridized carbons (Fsp3) is 0.444. The summed E-state index contributed by atoms with van der Waals surface area (Å²) in [7, 11) is 0. The summed E-state index contributed by atoms with van der Waals surface area (Å²) in [5.41, 5.74) is -2.56. The summed E-state index contributed by atoms with van der Waals surface area (Å²) in [5, 5.41) is 21.1. The Morgan fingerprint density at radius 1 is 1.29 bits per heavy atom. The van der Waals surface area contributed by atoms with E-state index >= 15 is 0 Å². The average molecular weight is 198 g/mol. The summed E-state index contributed by atoms with van der Waals surface area (Å²) < 4.78 is 0. The molecule has 0 aliphatic heterocycles. The molecule has 0 aliphatic carbocycles. The number of carboxylic acids is 2. The van der Waals surface area contributed by atoms with Gasteiger partial charge in [0.2, 0.25) is 0 Å². The van der Waals surface area contributed by atoms with Gasteiger partial charge in [-0.1, -0.05) is 6.58 Å². The predicted octanol–water partition coefficient (Wildman–Crippen LogP) is -1.97. The van der Waals surface area contributed by atoms with Gasteiger partial charge in [0, 0.05) is 11.8 Å². The van der Waals surface area contributed by atoms with Gasteiger partial charge >= 0.3 is 0 Å². The number of ketones is 1. The molecule has 5 nitrogen and oxygen atoms in total. The fourth-order valence-electron chi connectivity index (χ4n) is 1.03. The first kappa shape index (κ1) is 12.3. The van der Waals surface area contributed by atoms with Gasteiger partial charge in [0.05, 0.1) is 11.9 Å². The maximum Gasteiger partial charge on any atom is 0.131 e. The van der Waals surface area contributed by atoms with Crippen LogP contribution in [0.4, 0.5) is 0 Å². The van der Waals surface area contributed by atoms with Crippen LogP contribution in [0.15, 0.2) is 12.2 Å². The molecule has 0 amide bonds. The Bertz CT molecular complexity index is 304. The zero-order valence-electron chi connectivity index (χ0n) is 7.96. The van der Waals surface area contributed by atoms with Crippen molar-refractivity contribution >= 4 is 17.7 Å². The van der Waals surface area contributed by atoms with Crippen LogP contribution in [0.25, 0.3) is 0 Å². The molecule has 0 N–H and O–H groups in total. The first-order valence-corrected chi connectivity index (χ1v) is 3.83. The Labute approximate surface area is 81.0 Å². The van der Waals surface area contributed by atoms with Crippen LogP contribution in [0.2, 0.25) is 0 Å². The number of carbonyl (C=O) groups is 3. The van der Waals surface area contributed by atoms with E-state index in [-0.39, 0.29) is 0 Å². The van der Waals surface area contributed by atoms with Gasteiger partial charge in [0.15, 0.2) is 0 Å². The highest BCUT2D eigenvalue weighted by Crippen LogP contribution is 2.29. The number of rotatable bonds is 5. The largest absolute Gasteiger partial charge is 0.549 e. The van der Waals surface area contributed by atoms with Gasteiger partial charge in [0.1, 0.15) is 5.78 Å². The van der Waals surface area contributed by atoms with Crippen LogP contribution in [0.1, 0.15) is 20.3 Å². The van der Waals surface area contributed by atoms with Crippen molar-refractivity contribution in [2.24, 2.45) is 5.41 Å². The van der Waals surface area contributed by atoms with Crippen molar-refractivity contribution in [1.29, 1.82) is 0 Å². The highest BCUT2D eigenvalue weighted by Gasteiger charge is 2.31. The Balaban J connectivity index is 5.10. The molecule has 0 aliphatic rings. The first-order valence-electron chi connectivity index (χ1n) is 3.83. The van der Waals surface area contributed by atoms with Crippen molar-refractivity contribution in [3.63, 3.8) is 0 Å². The Morgan fingerprint density at radius 2 is 1.71 bits per heavy atom. The summed E-state index contributed by atoms with van der Waals surface area (Å²) in [6.45, 7) is 5.29. The van der Waals surface area contributed by atoms with Crippen LogP contribution in [0.3, 0.4) is 0 Å². The lowest BCUT2D eigenvalue weighted by molar-refractivity contribution is -0.321. The van der Waals surface area contributed by atoms with Gasteiger partial charge in [-0.3, -0.25) is 4.79 Å². The van der Waals surface area contributed by atoms with E-state index in [4.69, 9.17) is 0 Å². The van der Waals surface area contributed by atoms with E-state index in [1.165, 1.54) is 0 Å². The van der Waals surface area contributed by atoms with Gasteiger partial charge in [-0.25, -0.2) is 0 Å². The molecule has 0 saturated carbocycles. The van der Waals surface area contributed by atoms with E-state index in [1.807, 2.05) is 0 Å². The monoisotopic (exact) mass is 198 g/mol. The molecule has 0 spiro atoms. The van der Waals surface area contributed by atoms with Gasteiger partial charge in [-0.15, -0.1) is 0 Å². The number of carboxylic acid groups (broad SMARTS) is 2. The molecular formula is C9H10O5-2. The predicted molar refractivity (Wildman–Crippen MR) is 42.6 cm³/mol. The molecule has 14 heavy (non-hydrogen) atoms. The lowest BCUT2D eigenvalue weighted by atomic mass is 9.78. The molecule has 78 valence electrons. The van der Waals surface area contributed by atoms with Crippen molar-refractivity contribution in [2.45, 2.75) is 20.3 Å². The van der Waals surface area contributed by atoms with E-state index in [0.717, 1.165) is 13.8 Å². The Morgan fingerprint density at radius 3 is 1.93 bits per heavy atom.